The zero-order valence-corrected chi connectivity index (χ0v) is 9.94. The van der Waals surface area contributed by atoms with Gasteiger partial charge in [0.05, 0.1) is 0 Å². The van der Waals surface area contributed by atoms with Crippen molar-refractivity contribution in [3.63, 3.8) is 0 Å². The average molecular weight is 230 g/mol. The van der Waals surface area contributed by atoms with Gasteiger partial charge in [0.15, 0.2) is 11.4 Å². The smallest absolute Gasteiger partial charge is 0.332 e. The van der Waals surface area contributed by atoms with Gasteiger partial charge >= 0.3 is 11.9 Å². The second kappa shape index (κ2) is 5.09. The summed E-state index contributed by atoms with van der Waals surface area (Å²) in [6.45, 7) is 6.06. The first kappa shape index (κ1) is 14.6. The minimum atomic E-state index is -1.08. The highest BCUT2D eigenvalue weighted by Gasteiger charge is 2.17. The molecular formula is C10H18N2O4. The van der Waals surface area contributed by atoms with E-state index in [1.54, 1.807) is 0 Å². The van der Waals surface area contributed by atoms with Gasteiger partial charge in [0.1, 0.15) is 0 Å². The van der Waals surface area contributed by atoms with Crippen molar-refractivity contribution >= 4 is 11.9 Å². The zero-order chi connectivity index (χ0) is 13.0. The molecule has 0 aromatic rings. The van der Waals surface area contributed by atoms with Crippen LogP contribution in [0.25, 0.3) is 0 Å². The Balaban J connectivity index is 4.20. The van der Waals surface area contributed by atoms with Gasteiger partial charge in [-0.15, -0.1) is 0 Å². The molecule has 0 aliphatic rings. The summed E-state index contributed by atoms with van der Waals surface area (Å²) in [7, 11) is 0. The molecule has 0 heterocycles. The van der Waals surface area contributed by atoms with E-state index >= 15 is 0 Å². The van der Waals surface area contributed by atoms with Gasteiger partial charge in [-0.25, -0.2) is 9.59 Å². The van der Waals surface area contributed by atoms with Crippen molar-refractivity contribution in [3.05, 3.63) is 12.2 Å². The first-order valence-corrected chi connectivity index (χ1v) is 4.71. The third kappa shape index (κ3) is 9.17. The van der Waals surface area contributed by atoms with Gasteiger partial charge in [-0.05, 0) is 27.7 Å². The fourth-order valence-electron chi connectivity index (χ4n) is 0.723. The number of hydrogen-bond acceptors (Lipinski definition) is 6. The molecule has 0 aliphatic heterocycles. The molecule has 0 saturated carbocycles. The molecular weight excluding hydrogens is 212 g/mol. The van der Waals surface area contributed by atoms with E-state index in [0.717, 1.165) is 12.2 Å². The fraction of sp³-hybridized carbons (Fsp3) is 0.600. The normalized spacial score (nSPS) is 12.6. The molecule has 0 aromatic heterocycles. The molecule has 0 radical (unpaired) electrons. The maximum absolute atomic E-state index is 11.1. The first-order valence-electron chi connectivity index (χ1n) is 4.71. The topological polar surface area (TPSA) is 105 Å². The van der Waals surface area contributed by atoms with Gasteiger partial charge in [0.25, 0.3) is 0 Å². The van der Waals surface area contributed by atoms with Crippen molar-refractivity contribution in [2.45, 2.75) is 39.1 Å². The van der Waals surface area contributed by atoms with Crippen LogP contribution < -0.4 is 11.5 Å². The summed E-state index contributed by atoms with van der Waals surface area (Å²) in [5.74, 6) is -1.45. The Morgan fingerprint density at radius 2 is 1.12 bits per heavy atom. The summed E-state index contributed by atoms with van der Waals surface area (Å²) in [5, 5.41) is 0. The van der Waals surface area contributed by atoms with Crippen molar-refractivity contribution in [3.8, 4) is 0 Å². The fourth-order valence-corrected chi connectivity index (χ4v) is 0.723. The van der Waals surface area contributed by atoms with E-state index in [2.05, 4.69) is 0 Å². The SMILES string of the molecule is CC(C)(N)OC(=O)/C=C\C(=O)OC(C)(C)N. The number of rotatable bonds is 4. The molecule has 16 heavy (non-hydrogen) atoms. The molecule has 6 heteroatoms. The van der Waals surface area contributed by atoms with Gasteiger partial charge in [0, 0.05) is 12.2 Å². The van der Waals surface area contributed by atoms with E-state index in [4.69, 9.17) is 20.9 Å². The Labute approximate surface area is 94.6 Å². The molecule has 6 nitrogen and oxygen atoms in total. The highest BCUT2D eigenvalue weighted by Crippen LogP contribution is 2.02. The summed E-state index contributed by atoms with van der Waals surface area (Å²) >= 11 is 0. The predicted octanol–water partition coefficient (Wildman–Crippen LogP) is 0.0186. The van der Waals surface area contributed by atoms with Crippen LogP contribution in [0.15, 0.2) is 12.2 Å². The Morgan fingerprint density at radius 3 is 1.31 bits per heavy atom. The molecule has 92 valence electrons. The van der Waals surface area contributed by atoms with Crippen LogP contribution in [0.1, 0.15) is 27.7 Å². The Kier molecular flexibility index (Phi) is 4.64. The molecule has 0 saturated heterocycles. The molecule has 0 aromatic carbocycles. The van der Waals surface area contributed by atoms with Crippen LogP contribution >= 0.6 is 0 Å². The molecule has 4 N–H and O–H groups in total. The van der Waals surface area contributed by atoms with Crippen molar-refractivity contribution in [1.82, 2.24) is 0 Å². The van der Waals surface area contributed by atoms with Crippen molar-refractivity contribution in [2.75, 3.05) is 0 Å². The summed E-state index contributed by atoms with van der Waals surface area (Å²) in [6.07, 6.45) is 1.87. The number of esters is 2. The highest BCUT2D eigenvalue weighted by atomic mass is 16.6. The number of carbonyl (C=O) groups excluding carboxylic acids is 2. The van der Waals surface area contributed by atoms with Crippen LogP contribution in [0, 0.1) is 0 Å². The van der Waals surface area contributed by atoms with Gasteiger partial charge in [0.2, 0.25) is 0 Å². The number of hydrogen-bond donors (Lipinski definition) is 2. The highest BCUT2D eigenvalue weighted by molar-refractivity contribution is 5.91. The van der Waals surface area contributed by atoms with E-state index in [0.29, 0.717) is 0 Å². The minimum Gasteiger partial charge on any atom is -0.442 e. The van der Waals surface area contributed by atoms with E-state index in [1.807, 2.05) is 0 Å². The van der Waals surface area contributed by atoms with Gasteiger partial charge in [-0.3, -0.25) is 11.5 Å². The minimum absolute atomic E-state index is 0.723. The third-order valence-electron chi connectivity index (χ3n) is 1.08. The van der Waals surface area contributed by atoms with Gasteiger partial charge in [-0.1, -0.05) is 0 Å². The predicted molar refractivity (Wildman–Crippen MR) is 57.9 cm³/mol. The standard InChI is InChI=1S/C10H18N2O4/c1-9(2,11)15-7(13)5-6-8(14)16-10(3,4)12/h5-6H,11-12H2,1-4H3/b6-5-. The summed E-state index contributed by atoms with van der Waals surface area (Å²) in [5.41, 5.74) is 8.69. The number of ether oxygens (including phenoxy) is 2. The first-order chi connectivity index (χ1) is 6.99. The monoisotopic (exact) mass is 230 g/mol. The van der Waals surface area contributed by atoms with Crippen LogP contribution in [0.3, 0.4) is 0 Å². The molecule has 0 bridgehead atoms. The molecule has 0 amide bonds. The Bertz CT molecular complexity index is 267. The lowest BCUT2D eigenvalue weighted by Crippen LogP contribution is -2.38. The van der Waals surface area contributed by atoms with Crippen LogP contribution in [-0.2, 0) is 19.1 Å². The molecule has 0 rings (SSSR count). The van der Waals surface area contributed by atoms with Gasteiger partial charge < -0.3 is 9.47 Å². The molecule has 0 aliphatic carbocycles. The average Bonchev–Trinajstić information content (AvgIpc) is 1.94. The van der Waals surface area contributed by atoms with E-state index < -0.39 is 23.4 Å². The van der Waals surface area contributed by atoms with Crippen LogP contribution in [0.5, 0.6) is 0 Å². The van der Waals surface area contributed by atoms with Crippen molar-refractivity contribution in [1.29, 1.82) is 0 Å². The third-order valence-corrected chi connectivity index (χ3v) is 1.08. The number of nitrogens with two attached hydrogens (primary N) is 2. The van der Waals surface area contributed by atoms with E-state index in [9.17, 15) is 9.59 Å². The largest absolute Gasteiger partial charge is 0.442 e. The van der Waals surface area contributed by atoms with Gasteiger partial charge in [-0.2, -0.15) is 0 Å². The van der Waals surface area contributed by atoms with Crippen LogP contribution in [0.4, 0.5) is 0 Å². The lowest BCUT2D eigenvalue weighted by Gasteiger charge is -2.18. The molecule has 0 fully saturated rings. The van der Waals surface area contributed by atoms with Crippen LogP contribution in [0.2, 0.25) is 0 Å². The Morgan fingerprint density at radius 1 is 0.875 bits per heavy atom. The van der Waals surface area contributed by atoms with Crippen molar-refractivity contribution in [2.24, 2.45) is 11.5 Å². The van der Waals surface area contributed by atoms with Crippen LogP contribution in [-0.4, -0.2) is 23.4 Å². The molecule has 0 unspecified atom stereocenters. The lowest BCUT2D eigenvalue weighted by molar-refractivity contribution is -0.152. The summed E-state index contributed by atoms with van der Waals surface area (Å²) < 4.78 is 9.46. The van der Waals surface area contributed by atoms with E-state index in [1.165, 1.54) is 27.7 Å². The second-order valence-electron chi connectivity index (χ2n) is 4.38. The number of carbonyl (C=O) groups is 2. The zero-order valence-electron chi connectivity index (χ0n) is 9.94. The van der Waals surface area contributed by atoms with E-state index in [-0.39, 0.29) is 0 Å². The molecule has 0 spiro atoms. The summed E-state index contributed by atoms with van der Waals surface area (Å²) in [4.78, 5) is 22.2. The summed E-state index contributed by atoms with van der Waals surface area (Å²) in [6, 6.07) is 0. The maximum atomic E-state index is 11.1. The maximum Gasteiger partial charge on any atom is 0.332 e. The Hall–Kier alpha value is -1.40. The quantitative estimate of drug-likeness (QED) is 0.400. The lowest BCUT2D eigenvalue weighted by atomic mass is 10.3. The van der Waals surface area contributed by atoms with Crippen molar-refractivity contribution < 1.29 is 19.1 Å². The molecule has 0 atom stereocenters. The second-order valence-corrected chi connectivity index (χ2v) is 4.38.